The fourth-order valence-corrected chi connectivity index (χ4v) is 9.79. The fraction of sp³-hybridized carbons (Fsp3) is 0.581. The van der Waals surface area contributed by atoms with Gasteiger partial charge in [-0.1, -0.05) is 81.4 Å². The molecule has 17 heteroatoms. The Morgan fingerprint density at radius 2 is 1.38 bits per heavy atom. The van der Waals surface area contributed by atoms with Crippen molar-refractivity contribution < 1.29 is 47.7 Å². The Hall–Kier alpha value is -4.79. The van der Waals surface area contributed by atoms with Crippen LogP contribution in [0.1, 0.15) is 83.3 Å². The maximum Gasteiger partial charge on any atom is 0.410 e. The molecule has 2 aliphatic rings. The van der Waals surface area contributed by atoms with E-state index in [4.69, 9.17) is 15.2 Å². The molecule has 2 unspecified atom stereocenters. The van der Waals surface area contributed by atoms with Crippen LogP contribution < -0.4 is 21.7 Å². The third-order valence-corrected chi connectivity index (χ3v) is 13.3. The Morgan fingerprint density at radius 3 is 1.97 bits per heavy atom. The molecule has 0 aliphatic carbocycles. The van der Waals surface area contributed by atoms with Crippen molar-refractivity contribution in [1.82, 2.24) is 25.8 Å². The van der Waals surface area contributed by atoms with Gasteiger partial charge in [0.15, 0.2) is 0 Å². The van der Waals surface area contributed by atoms with Gasteiger partial charge in [0.05, 0.1) is 7.11 Å². The van der Waals surface area contributed by atoms with Gasteiger partial charge in [0.1, 0.15) is 36.6 Å². The molecule has 7 atom stereocenters. The normalized spacial score (nSPS) is 19.4. The lowest BCUT2D eigenvalue weighted by Gasteiger charge is -2.31. The van der Waals surface area contributed by atoms with Gasteiger partial charge in [0.2, 0.25) is 31.0 Å². The summed E-state index contributed by atoms with van der Waals surface area (Å²) in [5, 5.41) is 8.30. The number of nitrogens with two attached hydrogens (primary N) is 1. The minimum atomic E-state index is -4.40. The summed E-state index contributed by atoms with van der Waals surface area (Å²) in [5.74, 6) is -5.12. The number of unbranched alkanes of at least 4 members (excludes halogenated alkanes) is 1. The SMILES string of the molecule is COC(=O)[C@H](CC(C)C)NC(=O)[C@@H]1CCCN1C(=O)C(C)CP(=O)(O)[C@H](Cc1ccccc1)NC(=O)[C@H](CCCCN)NC(=O)[C@@H]1CCCN1C(=O)OCc1ccccc1. The van der Waals surface area contributed by atoms with E-state index in [0.717, 1.165) is 5.56 Å². The Balaban J connectivity index is 1.48. The van der Waals surface area contributed by atoms with Crippen molar-refractivity contribution in [3.63, 3.8) is 0 Å². The first-order chi connectivity index (χ1) is 28.6. The molecule has 0 bridgehead atoms. The van der Waals surface area contributed by atoms with Crippen LogP contribution in [0.15, 0.2) is 60.7 Å². The third kappa shape index (κ3) is 13.9. The maximum atomic E-state index is 14.4. The molecule has 330 valence electrons. The summed E-state index contributed by atoms with van der Waals surface area (Å²) in [6.07, 6.45) is 2.15. The molecule has 4 rings (SSSR count). The monoisotopic (exact) mass is 854 g/mol. The van der Waals surface area contributed by atoms with Crippen LogP contribution in [0.25, 0.3) is 0 Å². The number of hydrogen-bond donors (Lipinski definition) is 5. The van der Waals surface area contributed by atoms with Gasteiger partial charge in [-0.3, -0.25) is 28.6 Å². The molecule has 0 radical (unpaired) electrons. The highest BCUT2D eigenvalue weighted by Crippen LogP contribution is 2.48. The first kappa shape index (κ1) is 47.9. The Bertz CT molecular complexity index is 1800. The van der Waals surface area contributed by atoms with Crippen molar-refractivity contribution in [2.75, 3.05) is 32.9 Å². The molecule has 2 fully saturated rings. The number of ether oxygens (including phenoxy) is 2. The Labute approximate surface area is 353 Å². The molecule has 2 heterocycles. The lowest BCUT2D eigenvalue weighted by atomic mass is 10.0. The number of esters is 1. The topological polar surface area (TPSA) is 227 Å². The van der Waals surface area contributed by atoms with E-state index in [0.29, 0.717) is 63.6 Å². The number of nitrogens with zero attached hydrogens (tertiary/aromatic N) is 2. The first-order valence-corrected chi connectivity index (χ1v) is 22.9. The van der Waals surface area contributed by atoms with E-state index >= 15 is 0 Å². The van der Waals surface area contributed by atoms with Gasteiger partial charge in [-0.2, -0.15) is 0 Å². The molecule has 0 spiro atoms. The van der Waals surface area contributed by atoms with Crippen LogP contribution in [0.2, 0.25) is 0 Å². The predicted molar refractivity (Wildman–Crippen MR) is 225 cm³/mol. The quantitative estimate of drug-likeness (QED) is 0.0692. The second kappa shape index (κ2) is 23.3. The molecular formula is C43H63N6O10P. The number of benzene rings is 2. The lowest BCUT2D eigenvalue weighted by molar-refractivity contribution is -0.147. The molecule has 16 nitrogen and oxygen atoms in total. The Kier molecular flexibility index (Phi) is 18.6. The highest BCUT2D eigenvalue weighted by molar-refractivity contribution is 7.58. The zero-order valence-electron chi connectivity index (χ0n) is 35.3. The molecule has 6 N–H and O–H groups in total. The van der Waals surface area contributed by atoms with Gasteiger partial charge in [0.25, 0.3) is 0 Å². The van der Waals surface area contributed by atoms with E-state index in [1.807, 2.05) is 44.2 Å². The van der Waals surface area contributed by atoms with Gasteiger partial charge >= 0.3 is 12.1 Å². The van der Waals surface area contributed by atoms with Crippen LogP contribution in [0.3, 0.4) is 0 Å². The van der Waals surface area contributed by atoms with Crippen LogP contribution in [-0.2, 0) is 51.0 Å². The summed E-state index contributed by atoms with van der Waals surface area (Å²) >= 11 is 0. The van der Waals surface area contributed by atoms with Gasteiger partial charge < -0.3 is 41.0 Å². The lowest BCUT2D eigenvalue weighted by Crippen LogP contribution is -2.54. The van der Waals surface area contributed by atoms with Crippen molar-refractivity contribution in [2.24, 2.45) is 17.6 Å². The summed E-state index contributed by atoms with van der Waals surface area (Å²) < 4.78 is 24.8. The number of likely N-dealkylation sites (tertiary alicyclic amines) is 2. The summed E-state index contributed by atoms with van der Waals surface area (Å²) in [7, 11) is -3.16. The predicted octanol–water partition coefficient (Wildman–Crippen LogP) is 3.69. The van der Waals surface area contributed by atoms with Crippen molar-refractivity contribution in [3.8, 4) is 0 Å². The van der Waals surface area contributed by atoms with Crippen molar-refractivity contribution in [2.45, 2.75) is 115 Å². The smallest absolute Gasteiger partial charge is 0.410 e. The van der Waals surface area contributed by atoms with E-state index in [2.05, 4.69) is 16.0 Å². The maximum absolute atomic E-state index is 14.4. The summed E-state index contributed by atoms with van der Waals surface area (Å²) in [5.41, 5.74) is 7.20. The average molecular weight is 855 g/mol. The molecule has 2 aliphatic heterocycles. The van der Waals surface area contributed by atoms with Crippen LogP contribution in [-0.4, -0.2) is 113 Å². The second-order valence-corrected chi connectivity index (χ2v) is 18.7. The highest BCUT2D eigenvalue weighted by Gasteiger charge is 2.42. The van der Waals surface area contributed by atoms with Gasteiger partial charge in [-0.25, -0.2) is 9.59 Å². The van der Waals surface area contributed by atoms with Crippen molar-refractivity contribution in [3.05, 3.63) is 71.8 Å². The van der Waals surface area contributed by atoms with Crippen molar-refractivity contribution in [1.29, 1.82) is 0 Å². The van der Waals surface area contributed by atoms with Crippen LogP contribution in [0.4, 0.5) is 4.79 Å². The zero-order valence-corrected chi connectivity index (χ0v) is 36.1. The zero-order chi connectivity index (χ0) is 43.8. The van der Waals surface area contributed by atoms with E-state index < -0.39 is 85.1 Å². The van der Waals surface area contributed by atoms with Crippen LogP contribution in [0.5, 0.6) is 0 Å². The number of rotatable bonds is 21. The van der Waals surface area contributed by atoms with Crippen LogP contribution >= 0.6 is 7.37 Å². The molecule has 0 saturated carbocycles. The molecule has 2 aromatic carbocycles. The van der Waals surface area contributed by atoms with E-state index in [9.17, 15) is 38.2 Å². The molecule has 0 aromatic heterocycles. The number of hydrogen-bond acceptors (Lipinski definition) is 10. The molecule has 2 aromatic rings. The molecule has 2 saturated heterocycles. The summed E-state index contributed by atoms with van der Waals surface area (Å²) in [6.45, 7) is 6.27. The minimum absolute atomic E-state index is 0.0344. The number of carbonyl (C=O) groups is 6. The van der Waals surface area contributed by atoms with Crippen LogP contribution in [0, 0.1) is 11.8 Å². The standard InChI is InChI=1S/C43H63N6O10P/c1-29(2)25-34(42(54)58-4)46-39(51)35-20-13-23-48(35)41(53)30(3)28-60(56,57)37(26-31-15-7-5-8-16-31)47-38(50)33(19-11-12-22-44)45-40(52)36-21-14-24-49(36)43(55)59-27-32-17-9-6-10-18-32/h5-10,15-18,29-30,33-37H,11-14,19-28,44H2,1-4H3,(H,45,52)(H,46,51)(H,47,50)(H,56,57)/t30?,33-,34-,35-,36-,37+/m0/s1. The number of carbonyl (C=O) groups excluding carboxylic acids is 6. The summed E-state index contributed by atoms with van der Waals surface area (Å²) in [6, 6.07) is 14.2. The number of methoxy groups -OCH3 is 1. The molecular weight excluding hydrogens is 791 g/mol. The van der Waals surface area contributed by atoms with Crippen molar-refractivity contribution >= 4 is 43.1 Å². The summed E-state index contributed by atoms with van der Waals surface area (Å²) in [4.78, 5) is 95.3. The van der Waals surface area contributed by atoms with E-state index in [-0.39, 0.29) is 31.9 Å². The first-order valence-electron chi connectivity index (χ1n) is 21.0. The minimum Gasteiger partial charge on any atom is -0.467 e. The number of amides is 5. The van der Waals surface area contributed by atoms with Gasteiger partial charge in [-0.05, 0) is 75.0 Å². The Morgan fingerprint density at radius 1 is 0.817 bits per heavy atom. The highest BCUT2D eigenvalue weighted by atomic mass is 31.2. The fourth-order valence-electron chi connectivity index (χ4n) is 7.77. The molecule has 5 amide bonds. The largest absolute Gasteiger partial charge is 0.467 e. The van der Waals surface area contributed by atoms with Gasteiger partial charge in [0, 0.05) is 31.6 Å². The number of nitrogens with one attached hydrogen (secondary N) is 3. The van der Waals surface area contributed by atoms with Gasteiger partial charge in [-0.15, -0.1) is 0 Å². The molecule has 60 heavy (non-hydrogen) atoms. The third-order valence-electron chi connectivity index (χ3n) is 10.9. The van der Waals surface area contributed by atoms with E-state index in [1.54, 1.807) is 30.3 Å². The van der Waals surface area contributed by atoms with E-state index in [1.165, 1.54) is 23.8 Å². The average Bonchev–Trinajstić information content (AvgIpc) is 3.93. The second-order valence-electron chi connectivity index (χ2n) is 16.2.